The summed E-state index contributed by atoms with van der Waals surface area (Å²) >= 11 is 0. The van der Waals surface area contributed by atoms with E-state index in [9.17, 15) is 19.3 Å². The largest absolute Gasteiger partial charge is 0.433 e. The number of carbonyl (C=O) groups excluding carboxylic acids is 1. The number of halogens is 1. The van der Waals surface area contributed by atoms with Gasteiger partial charge in [0, 0.05) is 0 Å². The van der Waals surface area contributed by atoms with Gasteiger partial charge in [-0.2, -0.15) is 4.39 Å². The number of anilines is 1. The molecule has 0 atom stereocenters. The summed E-state index contributed by atoms with van der Waals surface area (Å²) in [5, 5.41) is 12.7. The van der Waals surface area contributed by atoms with Gasteiger partial charge in [-0.25, -0.2) is 4.98 Å². The number of pyridine rings is 1. The molecule has 0 spiro atoms. The first kappa shape index (κ1) is 11.7. The van der Waals surface area contributed by atoms with E-state index in [1.54, 1.807) is 0 Å². The van der Waals surface area contributed by atoms with Gasteiger partial charge in [0.05, 0.1) is 18.0 Å². The first-order valence-corrected chi connectivity index (χ1v) is 4.73. The minimum atomic E-state index is -0.754. The first-order valence-electron chi connectivity index (χ1n) is 4.73. The van der Waals surface area contributed by atoms with Crippen LogP contribution in [-0.4, -0.2) is 15.8 Å². The van der Waals surface area contributed by atoms with Gasteiger partial charge in [0.1, 0.15) is 4.92 Å². The standard InChI is InChI=1S/C10H6FN3O4/c11-8-3-1-6(5-12-8)13-10(15)7-2-4-9(18-7)14(16)17/h1-5H,(H,13,15). The van der Waals surface area contributed by atoms with Crippen LogP contribution in [0, 0.1) is 16.1 Å². The van der Waals surface area contributed by atoms with E-state index in [1.807, 2.05) is 0 Å². The molecule has 0 aliphatic carbocycles. The van der Waals surface area contributed by atoms with Crippen molar-refractivity contribution in [3.8, 4) is 0 Å². The molecule has 0 unspecified atom stereocenters. The Bertz CT molecular complexity index is 593. The molecule has 2 aromatic rings. The molecule has 1 amide bonds. The Hall–Kier alpha value is -2.77. The van der Waals surface area contributed by atoms with Crippen molar-refractivity contribution in [1.82, 2.24) is 4.98 Å². The van der Waals surface area contributed by atoms with E-state index >= 15 is 0 Å². The summed E-state index contributed by atoms with van der Waals surface area (Å²) in [7, 11) is 0. The van der Waals surface area contributed by atoms with Gasteiger partial charge in [0.2, 0.25) is 5.95 Å². The Balaban J connectivity index is 2.11. The van der Waals surface area contributed by atoms with Crippen molar-refractivity contribution in [3.63, 3.8) is 0 Å². The maximum Gasteiger partial charge on any atom is 0.433 e. The fraction of sp³-hybridized carbons (Fsp3) is 0. The normalized spacial score (nSPS) is 10.1. The third-order valence-electron chi connectivity index (χ3n) is 1.98. The van der Waals surface area contributed by atoms with Crippen LogP contribution in [0.5, 0.6) is 0 Å². The average molecular weight is 251 g/mol. The zero-order valence-electron chi connectivity index (χ0n) is 8.79. The molecule has 7 nitrogen and oxygen atoms in total. The summed E-state index contributed by atoms with van der Waals surface area (Å²) in [5.74, 6) is -2.11. The van der Waals surface area contributed by atoms with Crippen LogP contribution in [0.2, 0.25) is 0 Å². The Kier molecular flexibility index (Phi) is 3.00. The van der Waals surface area contributed by atoms with Crippen LogP contribution in [0.1, 0.15) is 10.6 Å². The Labute approximate surface area is 99.4 Å². The van der Waals surface area contributed by atoms with E-state index in [0.717, 1.165) is 18.3 Å². The van der Waals surface area contributed by atoms with Crippen molar-refractivity contribution in [2.45, 2.75) is 0 Å². The number of amides is 1. The Morgan fingerprint density at radius 2 is 2.17 bits per heavy atom. The molecule has 0 aromatic carbocycles. The molecule has 2 heterocycles. The summed E-state index contributed by atoms with van der Waals surface area (Å²) < 4.78 is 17.2. The molecule has 92 valence electrons. The van der Waals surface area contributed by atoms with Crippen molar-refractivity contribution >= 4 is 17.5 Å². The predicted molar refractivity (Wildman–Crippen MR) is 57.5 cm³/mol. The number of furan rings is 1. The number of nitro groups is 1. The monoisotopic (exact) mass is 251 g/mol. The molecular formula is C10H6FN3O4. The number of hydrogen-bond acceptors (Lipinski definition) is 5. The van der Waals surface area contributed by atoms with Crippen LogP contribution in [0.4, 0.5) is 16.0 Å². The second kappa shape index (κ2) is 4.62. The molecule has 0 saturated carbocycles. The van der Waals surface area contributed by atoms with E-state index < -0.39 is 22.7 Å². The molecule has 1 N–H and O–H groups in total. The topological polar surface area (TPSA) is 98.3 Å². The lowest BCUT2D eigenvalue weighted by Crippen LogP contribution is -2.11. The molecule has 0 fully saturated rings. The van der Waals surface area contributed by atoms with Crippen LogP contribution in [0.25, 0.3) is 0 Å². The van der Waals surface area contributed by atoms with Crippen molar-refractivity contribution in [2.24, 2.45) is 0 Å². The Morgan fingerprint density at radius 1 is 1.39 bits per heavy atom. The van der Waals surface area contributed by atoms with Gasteiger partial charge in [-0.05, 0) is 18.2 Å². The highest BCUT2D eigenvalue weighted by Gasteiger charge is 2.17. The second-order valence-corrected chi connectivity index (χ2v) is 3.22. The highest BCUT2D eigenvalue weighted by Crippen LogP contribution is 2.17. The minimum absolute atomic E-state index is 0.217. The van der Waals surface area contributed by atoms with Crippen LogP contribution in [0.3, 0.4) is 0 Å². The molecule has 2 aromatic heterocycles. The average Bonchev–Trinajstić information content (AvgIpc) is 2.81. The molecule has 8 heteroatoms. The van der Waals surface area contributed by atoms with Gasteiger partial charge in [-0.15, -0.1) is 0 Å². The molecule has 0 aliphatic rings. The molecule has 18 heavy (non-hydrogen) atoms. The van der Waals surface area contributed by atoms with E-state index in [4.69, 9.17) is 4.42 Å². The smallest absolute Gasteiger partial charge is 0.395 e. The lowest BCUT2D eigenvalue weighted by atomic mass is 10.3. The molecule has 2 rings (SSSR count). The Morgan fingerprint density at radius 3 is 2.72 bits per heavy atom. The highest BCUT2D eigenvalue weighted by molar-refractivity contribution is 6.02. The van der Waals surface area contributed by atoms with Crippen molar-refractivity contribution in [2.75, 3.05) is 5.32 Å². The van der Waals surface area contributed by atoms with Gasteiger partial charge < -0.3 is 9.73 Å². The van der Waals surface area contributed by atoms with Gasteiger partial charge in [-0.3, -0.25) is 14.9 Å². The lowest BCUT2D eigenvalue weighted by Gasteiger charge is -2.01. The van der Waals surface area contributed by atoms with Gasteiger partial charge in [0.15, 0.2) is 5.76 Å². The maximum atomic E-state index is 12.5. The van der Waals surface area contributed by atoms with Gasteiger partial charge in [0.25, 0.3) is 5.91 Å². The molecule has 0 aliphatic heterocycles. The summed E-state index contributed by atoms with van der Waals surface area (Å²) in [6, 6.07) is 4.61. The summed E-state index contributed by atoms with van der Waals surface area (Å²) in [6.45, 7) is 0. The molecule has 0 radical (unpaired) electrons. The van der Waals surface area contributed by atoms with Crippen molar-refractivity contribution in [3.05, 3.63) is 52.3 Å². The highest BCUT2D eigenvalue weighted by atomic mass is 19.1. The number of nitrogens with zero attached hydrogens (tertiary/aromatic N) is 2. The van der Waals surface area contributed by atoms with Crippen LogP contribution >= 0.6 is 0 Å². The number of hydrogen-bond donors (Lipinski definition) is 1. The lowest BCUT2D eigenvalue weighted by molar-refractivity contribution is -0.402. The fourth-order valence-corrected chi connectivity index (χ4v) is 1.19. The molecular weight excluding hydrogens is 245 g/mol. The molecule has 0 bridgehead atoms. The van der Waals surface area contributed by atoms with E-state index in [1.165, 1.54) is 12.1 Å². The number of aromatic nitrogens is 1. The zero-order chi connectivity index (χ0) is 13.1. The van der Waals surface area contributed by atoms with Crippen LogP contribution < -0.4 is 5.32 Å². The SMILES string of the molecule is O=C(Nc1ccc(F)nc1)c1ccc([N+](=O)[O-])o1. The van der Waals surface area contributed by atoms with Crippen molar-refractivity contribution < 1.29 is 18.5 Å². The van der Waals surface area contributed by atoms with E-state index in [-0.39, 0.29) is 11.4 Å². The van der Waals surface area contributed by atoms with Gasteiger partial charge in [-0.1, -0.05) is 0 Å². The summed E-state index contributed by atoms with van der Waals surface area (Å²) in [5.41, 5.74) is 0.250. The van der Waals surface area contributed by atoms with Crippen LogP contribution in [0.15, 0.2) is 34.9 Å². The second-order valence-electron chi connectivity index (χ2n) is 3.22. The number of nitrogens with one attached hydrogen (secondary N) is 1. The minimum Gasteiger partial charge on any atom is -0.395 e. The third kappa shape index (κ3) is 2.48. The van der Waals surface area contributed by atoms with E-state index in [2.05, 4.69) is 10.3 Å². The maximum absolute atomic E-state index is 12.5. The van der Waals surface area contributed by atoms with Crippen LogP contribution in [-0.2, 0) is 0 Å². The third-order valence-corrected chi connectivity index (χ3v) is 1.98. The zero-order valence-corrected chi connectivity index (χ0v) is 8.79. The molecule has 0 saturated heterocycles. The fourth-order valence-electron chi connectivity index (χ4n) is 1.19. The number of rotatable bonds is 3. The summed E-state index contributed by atoms with van der Waals surface area (Å²) in [4.78, 5) is 24.5. The number of carbonyl (C=O) groups is 1. The van der Waals surface area contributed by atoms with Gasteiger partial charge >= 0.3 is 5.88 Å². The van der Waals surface area contributed by atoms with E-state index in [0.29, 0.717) is 0 Å². The van der Waals surface area contributed by atoms with Crippen molar-refractivity contribution in [1.29, 1.82) is 0 Å². The predicted octanol–water partition coefficient (Wildman–Crippen LogP) is 1.97. The quantitative estimate of drug-likeness (QED) is 0.510. The summed E-state index contributed by atoms with van der Waals surface area (Å²) in [6.07, 6.45) is 1.12. The first-order chi connectivity index (χ1) is 8.56.